The highest BCUT2D eigenvalue weighted by atomic mass is 32.2. The molecule has 1 aliphatic heterocycles. The van der Waals surface area contributed by atoms with Crippen molar-refractivity contribution < 1.29 is 0 Å². The number of rotatable bonds is 6. The monoisotopic (exact) mass is 298 g/mol. The van der Waals surface area contributed by atoms with Crippen molar-refractivity contribution in [2.24, 2.45) is 0 Å². The quantitative estimate of drug-likeness (QED) is 0.809. The normalized spacial score (nSPS) is 15.4. The van der Waals surface area contributed by atoms with Gasteiger partial charge >= 0.3 is 0 Å². The second kappa shape index (κ2) is 7.64. The fourth-order valence-corrected chi connectivity index (χ4v) is 3.34. The van der Waals surface area contributed by atoms with Crippen molar-refractivity contribution >= 4 is 11.9 Å². The lowest BCUT2D eigenvalue weighted by atomic mass is 10.2. The molecule has 0 saturated carbocycles. The zero-order valence-electron chi connectivity index (χ0n) is 12.3. The van der Waals surface area contributed by atoms with Crippen LogP contribution in [0.25, 0.3) is 0 Å². The Hall–Kier alpha value is -1.29. The molecule has 1 N–H and O–H groups in total. The summed E-state index contributed by atoms with van der Waals surface area (Å²) in [5, 5.41) is 0. The molecular weight excluding hydrogens is 276 g/mol. The number of hydrogen-bond donors (Lipinski definition) is 1. The molecule has 0 aromatic heterocycles. The minimum absolute atomic E-state index is 0.890. The summed E-state index contributed by atoms with van der Waals surface area (Å²) >= 11 is 1.70. The fraction of sp³-hybridized carbons (Fsp3) is 0.333. The molecule has 1 aliphatic rings. The topological polar surface area (TPSA) is 15.3 Å². The molecule has 0 unspecified atom stereocenters. The van der Waals surface area contributed by atoms with E-state index in [9.17, 15) is 0 Å². The molecule has 2 aromatic carbocycles. The van der Waals surface area contributed by atoms with Crippen molar-refractivity contribution in [2.45, 2.75) is 30.8 Å². The van der Waals surface area contributed by atoms with Gasteiger partial charge in [-0.25, -0.2) is 0 Å². The average Bonchev–Trinajstić information content (AvgIpc) is 3.03. The molecule has 1 fully saturated rings. The van der Waals surface area contributed by atoms with Crippen LogP contribution in [0.5, 0.6) is 0 Å². The van der Waals surface area contributed by atoms with Crippen molar-refractivity contribution in [1.82, 2.24) is 9.62 Å². The van der Waals surface area contributed by atoms with Gasteiger partial charge < -0.3 is 0 Å². The van der Waals surface area contributed by atoms with Crippen LogP contribution >= 0.6 is 11.9 Å². The van der Waals surface area contributed by atoms with E-state index in [1.165, 1.54) is 42.0 Å². The Balaban J connectivity index is 1.45. The van der Waals surface area contributed by atoms with Gasteiger partial charge in [-0.15, -0.1) is 0 Å². The van der Waals surface area contributed by atoms with E-state index < -0.39 is 0 Å². The van der Waals surface area contributed by atoms with E-state index in [1.807, 2.05) is 0 Å². The first kappa shape index (κ1) is 14.6. The molecule has 110 valence electrons. The summed E-state index contributed by atoms with van der Waals surface area (Å²) in [5.41, 5.74) is 2.74. The second-order valence-corrected chi connectivity index (χ2v) is 6.50. The molecule has 0 amide bonds. The summed E-state index contributed by atoms with van der Waals surface area (Å²) in [5.74, 6) is 0. The van der Waals surface area contributed by atoms with Crippen LogP contribution in [0.15, 0.2) is 59.5 Å². The molecule has 0 aliphatic carbocycles. The van der Waals surface area contributed by atoms with Crippen LogP contribution in [-0.4, -0.2) is 18.0 Å². The highest BCUT2D eigenvalue weighted by molar-refractivity contribution is 7.97. The number of likely N-dealkylation sites (tertiary alicyclic amines) is 1. The Morgan fingerprint density at radius 3 is 2.29 bits per heavy atom. The van der Waals surface area contributed by atoms with Gasteiger partial charge in [0, 0.05) is 18.0 Å². The maximum Gasteiger partial charge on any atom is 0.0313 e. The smallest absolute Gasteiger partial charge is 0.0313 e. The van der Waals surface area contributed by atoms with Crippen LogP contribution in [0.1, 0.15) is 24.0 Å². The van der Waals surface area contributed by atoms with Crippen LogP contribution < -0.4 is 4.72 Å². The number of benzene rings is 2. The van der Waals surface area contributed by atoms with Crippen LogP contribution in [0.2, 0.25) is 0 Å². The molecule has 0 spiro atoms. The van der Waals surface area contributed by atoms with E-state index in [0.29, 0.717) is 0 Å². The predicted octanol–water partition coefficient (Wildman–Crippen LogP) is 4.08. The first-order chi connectivity index (χ1) is 10.4. The fourth-order valence-electron chi connectivity index (χ4n) is 2.66. The summed E-state index contributed by atoms with van der Waals surface area (Å²) in [6.45, 7) is 4.51. The molecular formula is C18H22N2S. The zero-order valence-corrected chi connectivity index (χ0v) is 13.1. The highest BCUT2D eigenvalue weighted by Gasteiger charge is 2.11. The first-order valence-electron chi connectivity index (χ1n) is 7.65. The Morgan fingerprint density at radius 1 is 0.857 bits per heavy atom. The maximum absolute atomic E-state index is 3.42. The Kier molecular flexibility index (Phi) is 5.33. The zero-order chi connectivity index (χ0) is 14.3. The average molecular weight is 298 g/mol. The van der Waals surface area contributed by atoms with Gasteiger partial charge in [-0.3, -0.25) is 9.62 Å². The second-order valence-electron chi connectivity index (χ2n) is 5.54. The van der Waals surface area contributed by atoms with Crippen molar-refractivity contribution in [1.29, 1.82) is 0 Å². The molecule has 0 radical (unpaired) electrons. The van der Waals surface area contributed by atoms with E-state index in [4.69, 9.17) is 0 Å². The van der Waals surface area contributed by atoms with Gasteiger partial charge in [0.1, 0.15) is 0 Å². The van der Waals surface area contributed by atoms with Gasteiger partial charge in [0.2, 0.25) is 0 Å². The number of nitrogens with zero attached hydrogens (tertiary/aromatic N) is 1. The van der Waals surface area contributed by atoms with Crippen molar-refractivity contribution in [3.05, 3.63) is 65.7 Å². The molecule has 0 atom stereocenters. The summed E-state index contributed by atoms with van der Waals surface area (Å²) in [4.78, 5) is 3.81. The van der Waals surface area contributed by atoms with E-state index in [0.717, 1.165) is 13.1 Å². The van der Waals surface area contributed by atoms with Gasteiger partial charge in [0.05, 0.1) is 0 Å². The molecule has 3 rings (SSSR count). The molecule has 0 bridgehead atoms. The SMILES string of the molecule is c1ccc(CNSc2ccc(CN3CCCC3)cc2)cc1. The van der Waals surface area contributed by atoms with E-state index in [-0.39, 0.29) is 0 Å². The van der Waals surface area contributed by atoms with Gasteiger partial charge in [-0.2, -0.15) is 0 Å². The summed E-state index contributed by atoms with van der Waals surface area (Å²) in [6, 6.07) is 19.4. The maximum atomic E-state index is 3.42. The Bertz CT molecular complexity index is 533. The lowest BCUT2D eigenvalue weighted by molar-refractivity contribution is 0.331. The van der Waals surface area contributed by atoms with Crippen LogP contribution in [0.4, 0.5) is 0 Å². The molecule has 2 nitrogen and oxygen atoms in total. The van der Waals surface area contributed by atoms with E-state index in [2.05, 4.69) is 64.2 Å². The predicted molar refractivity (Wildman–Crippen MR) is 90.1 cm³/mol. The van der Waals surface area contributed by atoms with Crippen molar-refractivity contribution in [2.75, 3.05) is 13.1 Å². The van der Waals surface area contributed by atoms with E-state index in [1.54, 1.807) is 11.9 Å². The van der Waals surface area contributed by atoms with Gasteiger partial charge in [-0.05, 0) is 61.1 Å². The molecule has 1 saturated heterocycles. The summed E-state index contributed by atoms with van der Waals surface area (Å²) in [6.07, 6.45) is 2.72. The molecule has 21 heavy (non-hydrogen) atoms. The largest absolute Gasteiger partial charge is 0.299 e. The lowest BCUT2D eigenvalue weighted by Crippen LogP contribution is -2.18. The third-order valence-corrected chi connectivity index (χ3v) is 4.63. The van der Waals surface area contributed by atoms with Crippen molar-refractivity contribution in [3.8, 4) is 0 Å². The molecule has 2 aromatic rings. The highest BCUT2D eigenvalue weighted by Crippen LogP contribution is 2.18. The minimum Gasteiger partial charge on any atom is -0.299 e. The summed E-state index contributed by atoms with van der Waals surface area (Å²) in [7, 11) is 0. The third-order valence-electron chi connectivity index (χ3n) is 3.84. The van der Waals surface area contributed by atoms with E-state index >= 15 is 0 Å². The Labute approximate surface area is 131 Å². The van der Waals surface area contributed by atoms with Crippen LogP contribution in [0, 0.1) is 0 Å². The standard InChI is InChI=1S/C18H22N2S/c1-2-6-16(7-3-1)14-19-21-18-10-8-17(9-11-18)15-20-12-4-5-13-20/h1-3,6-11,19H,4-5,12-15H2. The van der Waals surface area contributed by atoms with Crippen molar-refractivity contribution in [3.63, 3.8) is 0 Å². The molecule has 3 heteroatoms. The third kappa shape index (κ3) is 4.60. The number of nitrogens with one attached hydrogen (secondary N) is 1. The Morgan fingerprint density at radius 2 is 1.57 bits per heavy atom. The van der Waals surface area contributed by atoms with Crippen LogP contribution in [0.3, 0.4) is 0 Å². The summed E-state index contributed by atoms with van der Waals surface area (Å²) < 4.78 is 3.42. The molecule has 1 heterocycles. The first-order valence-corrected chi connectivity index (χ1v) is 8.47. The minimum atomic E-state index is 0.890. The van der Waals surface area contributed by atoms with Crippen LogP contribution in [-0.2, 0) is 13.1 Å². The van der Waals surface area contributed by atoms with Gasteiger partial charge in [0.15, 0.2) is 0 Å². The van der Waals surface area contributed by atoms with Gasteiger partial charge in [0.25, 0.3) is 0 Å². The number of hydrogen-bond acceptors (Lipinski definition) is 3. The lowest BCUT2D eigenvalue weighted by Gasteiger charge is -2.14. The van der Waals surface area contributed by atoms with Gasteiger partial charge in [-0.1, -0.05) is 42.5 Å².